The Morgan fingerprint density at radius 2 is 1.65 bits per heavy atom. The predicted octanol–water partition coefficient (Wildman–Crippen LogP) is 3.90. The fraction of sp³-hybridized carbons (Fsp3) is 0.538. The first-order chi connectivity index (χ1) is 9.22. The highest BCUT2D eigenvalue weighted by Crippen LogP contribution is 2.32. The lowest BCUT2D eigenvalue weighted by atomic mass is 9.96. The second-order valence-corrected chi connectivity index (χ2v) is 8.16. The molecule has 0 spiro atoms. The van der Waals surface area contributed by atoms with Gasteiger partial charge >= 0.3 is 0 Å². The van der Waals surface area contributed by atoms with Crippen molar-refractivity contribution >= 4 is 47.6 Å². The van der Waals surface area contributed by atoms with Gasteiger partial charge in [0, 0.05) is 20.7 Å². The van der Waals surface area contributed by atoms with E-state index in [2.05, 4.69) is 50.4 Å². The molecule has 0 amide bonds. The third-order valence-electron chi connectivity index (χ3n) is 3.39. The van der Waals surface area contributed by atoms with Gasteiger partial charge in [-0.05, 0) is 56.8 Å². The molecule has 1 atom stereocenters. The largest absolute Gasteiger partial charge is 0.399 e. The molecule has 3 N–H and O–H groups in total. The summed E-state index contributed by atoms with van der Waals surface area (Å²) in [5.41, 5.74) is 6.18. The number of nitrogens with one attached hydrogen (secondary N) is 1. The second-order valence-electron chi connectivity index (χ2n) is 4.80. The van der Waals surface area contributed by atoms with Crippen molar-refractivity contribution in [1.29, 1.82) is 0 Å². The van der Waals surface area contributed by atoms with E-state index in [1.807, 2.05) is 6.92 Å². The van der Waals surface area contributed by atoms with Crippen LogP contribution in [0.25, 0.3) is 0 Å². The molecule has 20 heavy (non-hydrogen) atoms. The van der Waals surface area contributed by atoms with E-state index in [0.717, 1.165) is 12.8 Å². The zero-order valence-corrected chi connectivity index (χ0v) is 15.8. The van der Waals surface area contributed by atoms with Gasteiger partial charge in [0.05, 0.1) is 0 Å². The number of benzene rings is 1. The third-order valence-corrected chi connectivity index (χ3v) is 6.82. The fourth-order valence-corrected chi connectivity index (χ4v) is 6.16. The molecule has 1 unspecified atom stereocenters. The summed E-state index contributed by atoms with van der Waals surface area (Å²) in [5, 5.41) is 0. The average molecular weight is 428 g/mol. The molecule has 1 aromatic carbocycles. The smallest absolute Gasteiger partial charge is 0.243 e. The number of sulfonamides is 1. The Labute approximate surface area is 137 Å². The van der Waals surface area contributed by atoms with Gasteiger partial charge in [-0.25, -0.2) is 13.1 Å². The summed E-state index contributed by atoms with van der Waals surface area (Å²) in [6.07, 6.45) is 1.87. The Kier molecular flexibility index (Phi) is 6.50. The number of nitrogens with two attached hydrogens (primary N) is 1. The van der Waals surface area contributed by atoms with E-state index in [9.17, 15) is 8.42 Å². The molecule has 0 aliphatic carbocycles. The maximum absolute atomic E-state index is 12.5. The molecule has 0 fully saturated rings. The predicted molar refractivity (Wildman–Crippen MR) is 90.1 cm³/mol. The first kappa shape index (κ1) is 17.9. The van der Waals surface area contributed by atoms with E-state index in [-0.39, 0.29) is 10.9 Å². The molecular formula is C13H20Br2N2O2S. The van der Waals surface area contributed by atoms with Gasteiger partial charge in [-0.2, -0.15) is 0 Å². The third kappa shape index (κ3) is 4.19. The zero-order chi connectivity index (χ0) is 15.5. The fourth-order valence-electron chi connectivity index (χ4n) is 2.23. The SMILES string of the molecule is CCC(CC)C(C)NS(=O)(=O)c1c(Br)cc(N)cc1Br. The lowest BCUT2D eigenvalue weighted by Crippen LogP contribution is -2.38. The quantitative estimate of drug-likeness (QED) is 0.676. The van der Waals surface area contributed by atoms with Gasteiger partial charge in [0.1, 0.15) is 4.90 Å². The summed E-state index contributed by atoms with van der Waals surface area (Å²) in [4.78, 5) is 0.185. The first-order valence-electron chi connectivity index (χ1n) is 6.49. The van der Waals surface area contributed by atoms with Crippen LogP contribution in [-0.4, -0.2) is 14.5 Å². The molecule has 7 heteroatoms. The molecule has 0 bridgehead atoms. The highest BCUT2D eigenvalue weighted by molar-refractivity contribution is 9.11. The van der Waals surface area contributed by atoms with Crippen LogP contribution in [0.15, 0.2) is 26.0 Å². The van der Waals surface area contributed by atoms with Gasteiger partial charge in [0.25, 0.3) is 0 Å². The summed E-state index contributed by atoms with van der Waals surface area (Å²) in [7, 11) is -3.60. The van der Waals surface area contributed by atoms with Crippen LogP contribution in [0.1, 0.15) is 33.6 Å². The monoisotopic (exact) mass is 426 g/mol. The van der Waals surface area contributed by atoms with Crippen LogP contribution in [0.4, 0.5) is 5.69 Å². The summed E-state index contributed by atoms with van der Waals surface area (Å²) in [6, 6.07) is 3.05. The van der Waals surface area contributed by atoms with Crippen molar-refractivity contribution in [3.8, 4) is 0 Å². The van der Waals surface area contributed by atoms with Crippen LogP contribution in [0, 0.1) is 5.92 Å². The number of rotatable bonds is 6. The summed E-state index contributed by atoms with van der Waals surface area (Å²) in [5.74, 6) is 0.316. The van der Waals surface area contributed by atoms with E-state index in [1.54, 1.807) is 12.1 Å². The van der Waals surface area contributed by atoms with Crippen molar-refractivity contribution in [3.63, 3.8) is 0 Å². The van der Waals surface area contributed by atoms with Crippen LogP contribution in [-0.2, 0) is 10.0 Å². The van der Waals surface area contributed by atoms with Gasteiger partial charge in [-0.15, -0.1) is 0 Å². The van der Waals surface area contributed by atoms with Gasteiger partial charge in [0.2, 0.25) is 10.0 Å². The van der Waals surface area contributed by atoms with Crippen molar-refractivity contribution in [2.75, 3.05) is 5.73 Å². The molecule has 0 radical (unpaired) electrons. The second kappa shape index (κ2) is 7.24. The number of anilines is 1. The highest BCUT2D eigenvalue weighted by Gasteiger charge is 2.26. The zero-order valence-electron chi connectivity index (χ0n) is 11.8. The van der Waals surface area contributed by atoms with Crippen LogP contribution in [0.2, 0.25) is 0 Å². The molecule has 1 rings (SSSR count). The molecule has 0 aliphatic rings. The number of hydrogen-bond donors (Lipinski definition) is 2. The molecule has 0 saturated carbocycles. The summed E-state index contributed by atoms with van der Waals surface area (Å²) in [6.45, 7) is 6.02. The van der Waals surface area contributed by atoms with Crippen molar-refractivity contribution in [1.82, 2.24) is 4.72 Å². The molecule has 0 saturated heterocycles. The van der Waals surface area contributed by atoms with Crippen LogP contribution >= 0.6 is 31.9 Å². The van der Waals surface area contributed by atoms with Crippen molar-refractivity contribution in [2.24, 2.45) is 5.92 Å². The van der Waals surface area contributed by atoms with E-state index in [1.165, 1.54) is 0 Å². The van der Waals surface area contributed by atoms with Crippen molar-refractivity contribution < 1.29 is 8.42 Å². The molecule has 114 valence electrons. The Bertz CT molecular complexity index is 549. The molecule has 1 aromatic rings. The number of nitrogen functional groups attached to an aromatic ring is 1. The van der Waals surface area contributed by atoms with Crippen molar-refractivity contribution in [3.05, 3.63) is 21.1 Å². The van der Waals surface area contributed by atoms with E-state index in [4.69, 9.17) is 5.73 Å². The number of hydrogen-bond acceptors (Lipinski definition) is 3. The molecule has 4 nitrogen and oxygen atoms in total. The minimum absolute atomic E-state index is 0.119. The molecule has 0 heterocycles. The van der Waals surface area contributed by atoms with Crippen LogP contribution < -0.4 is 10.5 Å². The van der Waals surface area contributed by atoms with Gasteiger partial charge in [-0.1, -0.05) is 26.7 Å². The maximum atomic E-state index is 12.5. The minimum atomic E-state index is -3.60. The summed E-state index contributed by atoms with van der Waals surface area (Å²) >= 11 is 6.53. The Balaban J connectivity index is 3.12. The first-order valence-corrected chi connectivity index (χ1v) is 9.56. The van der Waals surface area contributed by atoms with E-state index < -0.39 is 10.0 Å². The van der Waals surface area contributed by atoms with Gasteiger partial charge < -0.3 is 5.73 Å². The molecule has 0 aromatic heterocycles. The van der Waals surface area contributed by atoms with Crippen LogP contribution in [0.3, 0.4) is 0 Å². The van der Waals surface area contributed by atoms with E-state index in [0.29, 0.717) is 20.6 Å². The van der Waals surface area contributed by atoms with Crippen LogP contribution in [0.5, 0.6) is 0 Å². The minimum Gasteiger partial charge on any atom is -0.399 e. The highest BCUT2D eigenvalue weighted by atomic mass is 79.9. The number of halogens is 2. The van der Waals surface area contributed by atoms with Gasteiger partial charge in [0.15, 0.2) is 0 Å². The average Bonchev–Trinajstić information content (AvgIpc) is 2.27. The summed E-state index contributed by atoms with van der Waals surface area (Å²) < 4.78 is 28.7. The molecule has 0 aliphatic heterocycles. The Morgan fingerprint density at radius 1 is 1.20 bits per heavy atom. The lowest BCUT2D eigenvalue weighted by Gasteiger charge is -2.23. The van der Waals surface area contributed by atoms with Gasteiger partial charge in [-0.3, -0.25) is 0 Å². The normalized spacial score (nSPS) is 13.7. The van der Waals surface area contributed by atoms with E-state index >= 15 is 0 Å². The Morgan fingerprint density at radius 3 is 2.05 bits per heavy atom. The topological polar surface area (TPSA) is 72.2 Å². The maximum Gasteiger partial charge on any atom is 0.243 e. The van der Waals surface area contributed by atoms with Crippen molar-refractivity contribution in [2.45, 2.75) is 44.6 Å². The standard InChI is InChI=1S/C13H20Br2N2O2S/c1-4-9(5-2)8(3)17-20(18,19)13-11(14)6-10(16)7-12(13)15/h6-9,17H,4-5,16H2,1-3H3. The lowest BCUT2D eigenvalue weighted by molar-refractivity contribution is 0.390. The molecular weight excluding hydrogens is 408 g/mol. The Hall–Kier alpha value is -0.110.